The maximum atomic E-state index is 9.84. The molecule has 0 aliphatic rings. The van der Waals surface area contributed by atoms with E-state index in [1.54, 1.807) is 0 Å². The molecule has 0 radical (unpaired) electrons. The molecule has 0 saturated carbocycles. The van der Waals surface area contributed by atoms with E-state index < -0.39 is 0 Å². The van der Waals surface area contributed by atoms with Crippen molar-refractivity contribution in [1.29, 1.82) is 0 Å². The Morgan fingerprint density at radius 3 is 2.20 bits per heavy atom. The summed E-state index contributed by atoms with van der Waals surface area (Å²) in [5.74, 6) is 0. The minimum Gasteiger partial charge on any atom is -0.399 e. The molecule has 0 heterocycles. The van der Waals surface area contributed by atoms with Crippen LogP contribution in [-0.4, -0.2) is 19.1 Å². The second kappa shape index (κ2) is 10.8. The predicted molar refractivity (Wildman–Crippen MR) is 42.1 cm³/mol. The summed E-state index contributed by atoms with van der Waals surface area (Å²) in [5, 5.41) is 3.29. The molecule has 0 aromatic carbocycles. The van der Waals surface area contributed by atoms with Crippen LogP contribution in [0.4, 0.5) is 0 Å². The summed E-state index contributed by atoms with van der Waals surface area (Å²) in [5.41, 5.74) is 0.201. The zero-order valence-electron chi connectivity index (χ0n) is 6.63. The van der Waals surface area contributed by atoms with Crippen molar-refractivity contribution in [3.63, 3.8) is 0 Å². The molecule has 0 unspecified atom stereocenters. The Morgan fingerprint density at radius 2 is 2.10 bits per heavy atom. The lowest BCUT2D eigenvalue weighted by molar-refractivity contribution is -0.102. The van der Waals surface area contributed by atoms with Crippen LogP contribution in [0.1, 0.15) is 13.8 Å². The van der Waals surface area contributed by atoms with Crippen molar-refractivity contribution in [2.45, 2.75) is 13.8 Å². The van der Waals surface area contributed by atoms with E-state index in [-0.39, 0.29) is 5.71 Å². The topological polar surface area (TPSA) is 38.7 Å². The fraction of sp³-hybridized carbons (Fsp3) is 0.429. The monoisotopic (exact) mass is 143 g/mol. The summed E-state index contributed by atoms with van der Waals surface area (Å²) < 4.78 is 0. The fourth-order valence-corrected chi connectivity index (χ4v) is 0.212. The number of hydrogen-bond acceptors (Lipinski definition) is 3. The molecule has 0 rings (SSSR count). The van der Waals surface area contributed by atoms with Crippen LogP contribution in [0, 0.1) is 0 Å². The van der Waals surface area contributed by atoms with Crippen molar-refractivity contribution >= 4 is 12.0 Å². The molecule has 0 bridgehead atoms. The third-order valence-corrected chi connectivity index (χ3v) is 0.527. The third-order valence-electron chi connectivity index (χ3n) is 0.527. The molecular weight excluding hydrogens is 130 g/mol. The highest BCUT2D eigenvalue weighted by molar-refractivity contribution is 6.33. The Kier molecular flexibility index (Phi) is 12.6. The molecule has 0 spiro atoms. The van der Waals surface area contributed by atoms with Crippen LogP contribution in [0.2, 0.25) is 0 Å². The highest BCUT2D eigenvalue weighted by Crippen LogP contribution is 1.74. The van der Waals surface area contributed by atoms with Gasteiger partial charge in [0.1, 0.15) is 12.8 Å². The first-order chi connectivity index (χ1) is 4.85. The van der Waals surface area contributed by atoms with Crippen LogP contribution in [0.5, 0.6) is 0 Å². The molecule has 0 N–H and O–H groups in total. The molecule has 0 saturated heterocycles. The maximum absolute atomic E-state index is 9.84. The van der Waals surface area contributed by atoms with Gasteiger partial charge >= 0.3 is 0 Å². The molecule has 0 aromatic heterocycles. The van der Waals surface area contributed by atoms with E-state index in [4.69, 9.17) is 0 Å². The Morgan fingerprint density at radius 1 is 1.60 bits per heavy atom. The van der Waals surface area contributed by atoms with Gasteiger partial charge in [-0.2, -0.15) is 0 Å². The lowest BCUT2D eigenvalue weighted by Crippen LogP contribution is -1.93. The average molecular weight is 143 g/mol. The number of allylic oxidation sites excluding steroid dienone is 1. The van der Waals surface area contributed by atoms with Crippen LogP contribution in [-0.2, 0) is 9.63 Å². The van der Waals surface area contributed by atoms with Crippen molar-refractivity contribution in [2.75, 3.05) is 7.11 Å². The molecule has 58 valence electrons. The molecule has 0 fully saturated rings. The van der Waals surface area contributed by atoms with Gasteiger partial charge in [-0.1, -0.05) is 25.6 Å². The maximum Gasteiger partial charge on any atom is 0.171 e. The number of nitrogens with zero attached hydrogens (tertiary/aromatic N) is 1. The van der Waals surface area contributed by atoms with Crippen LogP contribution in [0.25, 0.3) is 0 Å². The Balaban J connectivity index is 0. The predicted octanol–water partition coefficient (Wildman–Crippen LogP) is 1.40. The van der Waals surface area contributed by atoms with Gasteiger partial charge in [-0.3, -0.25) is 4.79 Å². The van der Waals surface area contributed by atoms with E-state index in [2.05, 4.69) is 16.6 Å². The van der Waals surface area contributed by atoms with E-state index >= 15 is 0 Å². The first kappa shape index (κ1) is 11.6. The van der Waals surface area contributed by atoms with Crippen LogP contribution in [0.3, 0.4) is 0 Å². The van der Waals surface area contributed by atoms with E-state index in [0.717, 1.165) is 0 Å². The molecule has 10 heavy (non-hydrogen) atoms. The van der Waals surface area contributed by atoms with E-state index in [1.165, 1.54) is 13.2 Å². The quantitative estimate of drug-likeness (QED) is 0.340. The van der Waals surface area contributed by atoms with Gasteiger partial charge in [-0.05, 0) is 6.08 Å². The van der Waals surface area contributed by atoms with Crippen molar-refractivity contribution in [3.8, 4) is 0 Å². The highest BCUT2D eigenvalue weighted by atomic mass is 16.6. The van der Waals surface area contributed by atoms with Gasteiger partial charge in [0, 0.05) is 0 Å². The van der Waals surface area contributed by atoms with Crippen molar-refractivity contribution in [1.82, 2.24) is 0 Å². The normalized spacial score (nSPS) is 8.90. The number of oxime groups is 1. The van der Waals surface area contributed by atoms with Crippen molar-refractivity contribution in [2.24, 2.45) is 5.16 Å². The van der Waals surface area contributed by atoms with Gasteiger partial charge in [-0.15, -0.1) is 0 Å². The summed E-state index contributed by atoms with van der Waals surface area (Å²) in [7, 11) is 1.37. The fourth-order valence-electron chi connectivity index (χ4n) is 0.212. The smallest absolute Gasteiger partial charge is 0.171 e. The Labute approximate surface area is 61.4 Å². The minimum atomic E-state index is 0.201. The molecule has 0 aliphatic heterocycles. The highest BCUT2D eigenvalue weighted by Gasteiger charge is 1.84. The standard InChI is InChI=1S/C5H7NO2.C2H6/c1-3-5(4-7)6-8-2;1-2/h3-4H,1H2,2H3;1-2H3/b6-5+;. The molecule has 3 nitrogen and oxygen atoms in total. The van der Waals surface area contributed by atoms with E-state index in [9.17, 15) is 4.79 Å². The van der Waals surface area contributed by atoms with Gasteiger partial charge in [0.2, 0.25) is 0 Å². The van der Waals surface area contributed by atoms with Gasteiger partial charge in [0.15, 0.2) is 6.29 Å². The molecule has 3 heteroatoms. The largest absolute Gasteiger partial charge is 0.399 e. The van der Waals surface area contributed by atoms with Gasteiger partial charge in [0.05, 0.1) is 0 Å². The number of carbonyl (C=O) groups is 1. The average Bonchev–Trinajstić information content (AvgIpc) is 2.04. The molecular formula is C7H13NO2. The summed E-state index contributed by atoms with van der Waals surface area (Å²) in [4.78, 5) is 14.1. The van der Waals surface area contributed by atoms with Crippen LogP contribution in [0.15, 0.2) is 17.8 Å². The lowest BCUT2D eigenvalue weighted by Gasteiger charge is -1.84. The number of carbonyl (C=O) groups excluding carboxylic acids is 1. The zero-order chi connectivity index (χ0) is 8.41. The van der Waals surface area contributed by atoms with Gasteiger partial charge in [-0.25, -0.2) is 0 Å². The van der Waals surface area contributed by atoms with E-state index in [0.29, 0.717) is 6.29 Å². The first-order valence-corrected chi connectivity index (χ1v) is 3.04. The second-order valence-electron chi connectivity index (χ2n) is 1.02. The molecule has 0 aliphatic carbocycles. The third kappa shape index (κ3) is 6.88. The van der Waals surface area contributed by atoms with Crippen LogP contribution < -0.4 is 0 Å². The number of hydrogen-bond donors (Lipinski definition) is 0. The van der Waals surface area contributed by atoms with Crippen molar-refractivity contribution < 1.29 is 9.63 Å². The lowest BCUT2D eigenvalue weighted by atomic mass is 10.4. The first-order valence-electron chi connectivity index (χ1n) is 3.04. The molecule has 0 aromatic rings. The van der Waals surface area contributed by atoms with Gasteiger partial charge in [0.25, 0.3) is 0 Å². The van der Waals surface area contributed by atoms with Crippen molar-refractivity contribution in [3.05, 3.63) is 12.7 Å². The molecule has 0 atom stereocenters. The Bertz CT molecular complexity index is 109. The SMILES string of the molecule is C=C/C(C=O)=N\OC.CC. The Hall–Kier alpha value is -1.12. The summed E-state index contributed by atoms with van der Waals surface area (Å²) in [6.07, 6.45) is 1.88. The van der Waals surface area contributed by atoms with Crippen LogP contribution >= 0.6 is 0 Å². The van der Waals surface area contributed by atoms with Gasteiger partial charge < -0.3 is 4.84 Å². The summed E-state index contributed by atoms with van der Waals surface area (Å²) in [6, 6.07) is 0. The number of aldehydes is 1. The van der Waals surface area contributed by atoms with E-state index in [1.807, 2.05) is 13.8 Å². The minimum absolute atomic E-state index is 0.201. The second-order valence-corrected chi connectivity index (χ2v) is 1.02. The number of rotatable bonds is 3. The summed E-state index contributed by atoms with van der Waals surface area (Å²) in [6.45, 7) is 7.31. The molecule has 0 amide bonds. The summed E-state index contributed by atoms with van der Waals surface area (Å²) >= 11 is 0. The zero-order valence-corrected chi connectivity index (χ0v) is 6.63.